The molecule has 0 saturated carbocycles. The van der Waals surface area contributed by atoms with Gasteiger partial charge in [-0.3, -0.25) is 4.79 Å². The third-order valence-electron chi connectivity index (χ3n) is 2.92. The van der Waals surface area contributed by atoms with E-state index in [9.17, 15) is 13.6 Å². The van der Waals surface area contributed by atoms with Crippen LogP contribution in [0.25, 0.3) is 0 Å². The highest BCUT2D eigenvalue weighted by atomic mass is 79.9. The summed E-state index contributed by atoms with van der Waals surface area (Å²) in [6, 6.07) is 7.09. The van der Waals surface area contributed by atoms with Gasteiger partial charge in [0, 0.05) is 5.56 Å². The van der Waals surface area contributed by atoms with Crippen molar-refractivity contribution >= 4 is 21.7 Å². The molecule has 0 amide bonds. The number of rotatable bonds is 2. The zero-order valence-electron chi connectivity index (χ0n) is 10.4. The summed E-state index contributed by atoms with van der Waals surface area (Å²) in [4.78, 5) is 12.4. The van der Waals surface area contributed by atoms with Crippen LogP contribution in [0, 0.1) is 25.5 Å². The van der Waals surface area contributed by atoms with E-state index in [2.05, 4.69) is 15.9 Å². The van der Waals surface area contributed by atoms with E-state index in [1.54, 1.807) is 19.9 Å². The van der Waals surface area contributed by atoms with Gasteiger partial charge in [0.15, 0.2) is 5.78 Å². The van der Waals surface area contributed by atoms with Gasteiger partial charge in [-0.05, 0) is 65.2 Å². The first-order valence-electron chi connectivity index (χ1n) is 5.67. The number of halogens is 3. The summed E-state index contributed by atoms with van der Waals surface area (Å²) in [5.74, 6) is -1.44. The number of aryl methyl sites for hydroxylation is 2. The highest BCUT2D eigenvalue weighted by molar-refractivity contribution is 9.10. The van der Waals surface area contributed by atoms with Gasteiger partial charge in [-0.15, -0.1) is 0 Å². The summed E-state index contributed by atoms with van der Waals surface area (Å²) >= 11 is 3.05. The van der Waals surface area contributed by atoms with Gasteiger partial charge < -0.3 is 0 Å². The number of ketones is 1. The molecule has 2 aromatic rings. The third kappa shape index (κ3) is 2.59. The van der Waals surface area contributed by atoms with Crippen molar-refractivity contribution in [3.05, 3.63) is 68.7 Å². The van der Waals surface area contributed by atoms with Crippen LogP contribution in [0.3, 0.4) is 0 Å². The quantitative estimate of drug-likeness (QED) is 0.739. The first-order chi connectivity index (χ1) is 8.91. The number of benzene rings is 2. The molecule has 0 bridgehead atoms. The summed E-state index contributed by atoms with van der Waals surface area (Å²) in [5, 5.41) is 0. The van der Waals surface area contributed by atoms with E-state index >= 15 is 0 Å². The lowest BCUT2D eigenvalue weighted by Crippen LogP contribution is -2.09. The Morgan fingerprint density at radius 3 is 2.26 bits per heavy atom. The lowest BCUT2D eigenvalue weighted by molar-refractivity contribution is 0.103. The summed E-state index contributed by atoms with van der Waals surface area (Å²) in [7, 11) is 0. The Morgan fingerprint density at radius 1 is 1.11 bits per heavy atom. The Morgan fingerprint density at radius 2 is 1.68 bits per heavy atom. The number of carbonyl (C=O) groups excluding carboxylic acids is 1. The Hall–Kier alpha value is -1.55. The monoisotopic (exact) mass is 324 g/mol. The Bertz CT molecular complexity index is 642. The SMILES string of the molecule is Cc1cc(F)cc(C)c1C(=O)c1cccc(Br)c1F. The molecule has 98 valence electrons. The molecule has 2 aromatic carbocycles. The summed E-state index contributed by atoms with van der Waals surface area (Å²) in [6.07, 6.45) is 0. The van der Waals surface area contributed by atoms with E-state index in [4.69, 9.17) is 0 Å². The van der Waals surface area contributed by atoms with Crippen LogP contribution in [-0.4, -0.2) is 5.78 Å². The fraction of sp³-hybridized carbons (Fsp3) is 0.133. The fourth-order valence-corrected chi connectivity index (χ4v) is 2.45. The number of hydrogen-bond donors (Lipinski definition) is 0. The largest absolute Gasteiger partial charge is 0.288 e. The summed E-state index contributed by atoms with van der Waals surface area (Å²) < 4.78 is 27.4. The zero-order chi connectivity index (χ0) is 14.2. The van der Waals surface area contributed by atoms with E-state index in [0.29, 0.717) is 16.7 Å². The molecule has 0 aliphatic carbocycles. The summed E-state index contributed by atoms with van der Waals surface area (Å²) in [5.41, 5.74) is 1.33. The first-order valence-corrected chi connectivity index (χ1v) is 6.46. The van der Waals surface area contributed by atoms with Crippen LogP contribution in [-0.2, 0) is 0 Å². The van der Waals surface area contributed by atoms with Crippen molar-refractivity contribution < 1.29 is 13.6 Å². The minimum atomic E-state index is -0.601. The van der Waals surface area contributed by atoms with Gasteiger partial charge in [0.05, 0.1) is 10.0 Å². The molecule has 2 rings (SSSR count). The van der Waals surface area contributed by atoms with E-state index in [1.165, 1.54) is 24.3 Å². The van der Waals surface area contributed by atoms with Crippen LogP contribution in [0.1, 0.15) is 27.0 Å². The van der Waals surface area contributed by atoms with Crippen molar-refractivity contribution in [2.24, 2.45) is 0 Å². The molecule has 0 spiro atoms. The maximum Gasteiger partial charge on any atom is 0.196 e. The maximum atomic E-state index is 13.9. The Kier molecular flexibility index (Phi) is 3.80. The molecule has 0 unspecified atom stereocenters. The zero-order valence-corrected chi connectivity index (χ0v) is 12.0. The Labute approximate surface area is 118 Å². The second-order valence-corrected chi connectivity index (χ2v) is 5.20. The van der Waals surface area contributed by atoms with Crippen LogP contribution < -0.4 is 0 Å². The smallest absolute Gasteiger partial charge is 0.196 e. The van der Waals surface area contributed by atoms with E-state index in [1.807, 2.05) is 0 Å². The molecule has 0 saturated heterocycles. The molecule has 0 aliphatic heterocycles. The Balaban J connectivity index is 2.60. The minimum Gasteiger partial charge on any atom is -0.288 e. The molecular weight excluding hydrogens is 314 g/mol. The fourth-order valence-electron chi connectivity index (χ4n) is 2.08. The van der Waals surface area contributed by atoms with Crippen LogP contribution in [0.4, 0.5) is 8.78 Å². The van der Waals surface area contributed by atoms with Crippen LogP contribution in [0.5, 0.6) is 0 Å². The van der Waals surface area contributed by atoms with Gasteiger partial charge in [0.25, 0.3) is 0 Å². The second kappa shape index (κ2) is 5.21. The normalized spacial score (nSPS) is 10.6. The highest BCUT2D eigenvalue weighted by Crippen LogP contribution is 2.24. The molecule has 0 atom stereocenters. The predicted octanol–water partition coefficient (Wildman–Crippen LogP) is 4.58. The van der Waals surface area contributed by atoms with Crippen molar-refractivity contribution in [3.8, 4) is 0 Å². The average Bonchev–Trinajstić information content (AvgIpc) is 2.31. The van der Waals surface area contributed by atoms with Crippen molar-refractivity contribution in [3.63, 3.8) is 0 Å². The molecule has 0 fully saturated rings. The van der Waals surface area contributed by atoms with Gasteiger partial charge in [-0.1, -0.05) is 6.07 Å². The molecule has 19 heavy (non-hydrogen) atoms. The highest BCUT2D eigenvalue weighted by Gasteiger charge is 2.19. The van der Waals surface area contributed by atoms with Crippen molar-refractivity contribution in [2.45, 2.75) is 13.8 Å². The van der Waals surface area contributed by atoms with Crippen molar-refractivity contribution in [1.29, 1.82) is 0 Å². The van der Waals surface area contributed by atoms with Gasteiger partial charge in [-0.2, -0.15) is 0 Å². The lowest BCUT2D eigenvalue weighted by Gasteiger charge is -2.10. The second-order valence-electron chi connectivity index (χ2n) is 4.35. The maximum absolute atomic E-state index is 13.9. The lowest BCUT2D eigenvalue weighted by atomic mass is 9.94. The molecular formula is C15H11BrF2O. The predicted molar refractivity (Wildman–Crippen MR) is 73.4 cm³/mol. The molecule has 1 nitrogen and oxygen atoms in total. The van der Waals surface area contributed by atoms with Crippen LogP contribution in [0.15, 0.2) is 34.8 Å². The van der Waals surface area contributed by atoms with Gasteiger partial charge in [-0.25, -0.2) is 8.78 Å². The van der Waals surface area contributed by atoms with Gasteiger partial charge in [0.1, 0.15) is 11.6 Å². The summed E-state index contributed by atoms with van der Waals surface area (Å²) in [6.45, 7) is 3.28. The molecule has 0 radical (unpaired) electrons. The van der Waals surface area contributed by atoms with Gasteiger partial charge >= 0.3 is 0 Å². The van der Waals surface area contributed by atoms with E-state index < -0.39 is 17.4 Å². The molecule has 0 aromatic heterocycles. The third-order valence-corrected chi connectivity index (χ3v) is 3.53. The van der Waals surface area contributed by atoms with E-state index in [0.717, 1.165) is 0 Å². The van der Waals surface area contributed by atoms with Crippen LogP contribution in [0.2, 0.25) is 0 Å². The van der Waals surface area contributed by atoms with Crippen molar-refractivity contribution in [2.75, 3.05) is 0 Å². The minimum absolute atomic E-state index is 0.0211. The van der Waals surface area contributed by atoms with E-state index in [-0.39, 0.29) is 10.0 Å². The topological polar surface area (TPSA) is 17.1 Å². The number of hydrogen-bond acceptors (Lipinski definition) is 1. The molecule has 0 aliphatic rings. The standard InChI is InChI=1S/C15H11BrF2O/c1-8-6-10(17)7-9(2)13(8)15(19)11-4-3-5-12(16)14(11)18/h3-7H,1-2H3. The molecule has 0 heterocycles. The van der Waals surface area contributed by atoms with Crippen LogP contribution >= 0.6 is 15.9 Å². The van der Waals surface area contributed by atoms with Gasteiger partial charge in [0.2, 0.25) is 0 Å². The average molecular weight is 325 g/mol. The number of carbonyl (C=O) groups is 1. The molecule has 0 N–H and O–H groups in total. The first kappa shape index (κ1) is 13.9. The molecule has 4 heteroatoms. The van der Waals surface area contributed by atoms with Crippen molar-refractivity contribution in [1.82, 2.24) is 0 Å².